The van der Waals surface area contributed by atoms with Gasteiger partial charge in [-0.2, -0.15) is 4.98 Å². The van der Waals surface area contributed by atoms with Gasteiger partial charge in [-0.25, -0.2) is 9.78 Å². The number of aliphatic carboxylic acids is 2. The summed E-state index contributed by atoms with van der Waals surface area (Å²) in [4.78, 5) is 45.3. The van der Waals surface area contributed by atoms with Crippen LogP contribution in [0.4, 0.5) is 5.82 Å². The third-order valence-electron chi connectivity index (χ3n) is 6.36. The van der Waals surface area contributed by atoms with Crippen molar-refractivity contribution in [2.75, 3.05) is 5.32 Å². The van der Waals surface area contributed by atoms with Crippen LogP contribution in [0.3, 0.4) is 0 Å². The highest BCUT2D eigenvalue weighted by atomic mass is 35.5. The van der Waals surface area contributed by atoms with Crippen LogP contribution in [0.1, 0.15) is 36.5 Å². The fraction of sp³-hybridized carbons (Fsp3) is 0.179. The van der Waals surface area contributed by atoms with Gasteiger partial charge in [-0.15, -0.1) is 0 Å². The molecule has 0 amide bonds. The van der Waals surface area contributed by atoms with Gasteiger partial charge < -0.3 is 19.9 Å². The molecule has 198 valence electrons. The smallest absolute Gasteiger partial charge is 0.326 e. The van der Waals surface area contributed by atoms with Gasteiger partial charge in [0.2, 0.25) is 5.95 Å². The average Bonchev–Trinajstić information content (AvgIpc) is 3.58. The molecule has 1 atom stereocenters. The number of hydrogen-bond acceptors (Lipinski definition) is 7. The molecule has 5 aromatic rings. The van der Waals surface area contributed by atoms with Gasteiger partial charge >= 0.3 is 11.9 Å². The van der Waals surface area contributed by atoms with Crippen LogP contribution in [0.5, 0.6) is 0 Å². The van der Waals surface area contributed by atoms with E-state index in [9.17, 15) is 19.5 Å². The maximum absolute atomic E-state index is 13.0. The number of furan rings is 1. The Morgan fingerprint density at radius 2 is 1.87 bits per heavy atom. The van der Waals surface area contributed by atoms with E-state index in [-0.39, 0.29) is 30.1 Å². The molecule has 1 unspecified atom stereocenters. The first-order chi connectivity index (χ1) is 18.7. The van der Waals surface area contributed by atoms with Gasteiger partial charge in [-0.05, 0) is 55.0 Å². The lowest BCUT2D eigenvalue weighted by atomic mass is 10.1. The molecule has 0 aliphatic heterocycles. The van der Waals surface area contributed by atoms with E-state index >= 15 is 0 Å². The zero-order valence-corrected chi connectivity index (χ0v) is 21.5. The Bertz CT molecular complexity index is 1730. The molecule has 39 heavy (non-hydrogen) atoms. The molecule has 0 saturated carbocycles. The van der Waals surface area contributed by atoms with E-state index in [1.165, 1.54) is 0 Å². The average molecular weight is 547 g/mol. The van der Waals surface area contributed by atoms with Crippen molar-refractivity contribution in [3.05, 3.63) is 71.6 Å². The first-order valence-corrected chi connectivity index (χ1v) is 12.5. The zero-order valence-electron chi connectivity index (χ0n) is 20.7. The number of carbonyl (C=O) groups excluding carboxylic acids is 1. The van der Waals surface area contributed by atoms with Crippen molar-refractivity contribution in [2.45, 2.75) is 32.2 Å². The molecule has 3 N–H and O–H groups in total. The number of anilines is 1. The molecular formula is C28H23ClN4O6. The Morgan fingerprint density at radius 1 is 1.05 bits per heavy atom. The minimum atomic E-state index is -1.07. The number of halogens is 1. The van der Waals surface area contributed by atoms with Gasteiger partial charge in [0.15, 0.2) is 5.78 Å². The van der Waals surface area contributed by atoms with Crippen molar-refractivity contribution in [3.63, 3.8) is 0 Å². The first kappa shape index (κ1) is 25.9. The quantitative estimate of drug-likeness (QED) is 0.184. The summed E-state index contributed by atoms with van der Waals surface area (Å²) in [6.45, 7) is 1.75. The van der Waals surface area contributed by atoms with Crippen molar-refractivity contribution in [1.29, 1.82) is 0 Å². The van der Waals surface area contributed by atoms with Crippen LogP contribution in [-0.4, -0.2) is 48.5 Å². The highest BCUT2D eigenvalue weighted by molar-refractivity contribution is 6.31. The fourth-order valence-corrected chi connectivity index (χ4v) is 4.55. The van der Waals surface area contributed by atoms with E-state index in [1.807, 2.05) is 18.2 Å². The highest BCUT2D eigenvalue weighted by Crippen LogP contribution is 2.32. The van der Waals surface area contributed by atoms with Crippen LogP contribution in [0, 0.1) is 0 Å². The maximum Gasteiger partial charge on any atom is 0.326 e. The van der Waals surface area contributed by atoms with Crippen molar-refractivity contribution in [1.82, 2.24) is 14.5 Å². The SMILES string of the molecule is CCC(Nc1nc(-n2cc(C(=O)CCC(=O)O)c3cc(Cl)ccc32)nc2ccc(-c3ccco3)cc12)C(=O)O. The topological polar surface area (TPSA) is 148 Å². The number of Topliss-reactive ketones (excluding diaryl/α,β-unsaturated/α-hetero) is 1. The van der Waals surface area contributed by atoms with E-state index in [1.54, 1.807) is 54.3 Å². The van der Waals surface area contributed by atoms with Crippen LogP contribution < -0.4 is 5.32 Å². The number of aromatic nitrogens is 3. The van der Waals surface area contributed by atoms with Crippen molar-refractivity contribution in [2.24, 2.45) is 0 Å². The molecule has 5 rings (SSSR count). The maximum atomic E-state index is 13.0. The normalized spacial score (nSPS) is 12.1. The number of ketones is 1. The molecule has 0 bridgehead atoms. The number of fused-ring (bicyclic) bond motifs is 2. The third kappa shape index (κ3) is 5.19. The predicted octanol–water partition coefficient (Wildman–Crippen LogP) is 5.81. The molecule has 0 aliphatic rings. The van der Waals surface area contributed by atoms with E-state index in [2.05, 4.69) is 5.32 Å². The summed E-state index contributed by atoms with van der Waals surface area (Å²) in [5.41, 5.74) is 2.17. The Kier molecular flexibility index (Phi) is 7.03. The molecule has 0 radical (unpaired) electrons. The van der Waals surface area contributed by atoms with Gasteiger partial charge in [0.05, 0.1) is 23.7 Å². The molecule has 2 aromatic carbocycles. The van der Waals surface area contributed by atoms with E-state index in [0.29, 0.717) is 44.8 Å². The molecule has 0 fully saturated rings. The molecule has 0 aliphatic carbocycles. The fourth-order valence-electron chi connectivity index (χ4n) is 4.38. The summed E-state index contributed by atoms with van der Waals surface area (Å²) < 4.78 is 7.14. The molecule has 0 spiro atoms. The summed E-state index contributed by atoms with van der Waals surface area (Å²) >= 11 is 6.22. The lowest BCUT2D eigenvalue weighted by Gasteiger charge is -2.16. The Balaban J connectivity index is 1.70. The zero-order chi connectivity index (χ0) is 27.7. The molecule has 11 heteroatoms. The van der Waals surface area contributed by atoms with E-state index < -0.39 is 18.0 Å². The molecular weight excluding hydrogens is 524 g/mol. The number of nitrogens with zero attached hydrogens (tertiary/aromatic N) is 3. The minimum Gasteiger partial charge on any atom is -0.481 e. The third-order valence-corrected chi connectivity index (χ3v) is 6.59. The number of hydrogen-bond donors (Lipinski definition) is 3. The molecule has 0 saturated heterocycles. The number of nitrogens with one attached hydrogen (secondary N) is 1. The minimum absolute atomic E-state index is 0.182. The second kappa shape index (κ2) is 10.6. The summed E-state index contributed by atoms with van der Waals surface area (Å²) in [6.07, 6.45) is 2.94. The second-order valence-corrected chi connectivity index (χ2v) is 9.35. The molecule has 3 aromatic heterocycles. The number of carbonyl (C=O) groups is 3. The summed E-state index contributed by atoms with van der Waals surface area (Å²) in [5, 5.41) is 23.3. The van der Waals surface area contributed by atoms with Crippen LogP contribution in [-0.2, 0) is 9.59 Å². The lowest BCUT2D eigenvalue weighted by molar-refractivity contribution is -0.138. The van der Waals surface area contributed by atoms with Crippen LogP contribution >= 0.6 is 11.6 Å². The van der Waals surface area contributed by atoms with Crippen molar-refractivity contribution < 1.29 is 29.0 Å². The van der Waals surface area contributed by atoms with E-state index in [0.717, 1.165) is 5.56 Å². The number of rotatable bonds is 10. The van der Waals surface area contributed by atoms with Crippen LogP contribution in [0.2, 0.25) is 5.02 Å². The van der Waals surface area contributed by atoms with Gasteiger partial charge in [0.1, 0.15) is 17.6 Å². The van der Waals surface area contributed by atoms with Gasteiger partial charge in [0, 0.05) is 39.5 Å². The lowest BCUT2D eigenvalue weighted by Crippen LogP contribution is -2.29. The van der Waals surface area contributed by atoms with E-state index in [4.69, 9.17) is 31.1 Å². The highest BCUT2D eigenvalue weighted by Gasteiger charge is 2.22. The number of benzene rings is 2. The largest absolute Gasteiger partial charge is 0.481 e. The standard InChI is InChI=1S/C28H23ClN4O6/c1-2-20(27(37)38)30-26-18-12-15(24-4-3-11-39-24)5-7-21(18)31-28(32-26)33-14-19(23(34)9-10-25(35)36)17-13-16(29)6-8-22(17)33/h3-8,11-14,20H,2,9-10H2,1H3,(H,35,36)(H,37,38)(H,30,31,32). The number of carboxylic acids is 2. The Morgan fingerprint density at radius 3 is 2.56 bits per heavy atom. The molecule has 10 nitrogen and oxygen atoms in total. The summed E-state index contributed by atoms with van der Waals surface area (Å²) in [7, 11) is 0. The Hall–Kier alpha value is -4.70. The summed E-state index contributed by atoms with van der Waals surface area (Å²) in [5.74, 6) is -1.33. The van der Waals surface area contributed by atoms with Crippen molar-refractivity contribution in [3.8, 4) is 17.3 Å². The predicted molar refractivity (Wildman–Crippen MR) is 146 cm³/mol. The first-order valence-electron chi connectivity index (χ1n) is 12.2. The van der Waals surface area contributed by atoms with Crippen LogP contribution in [0.15, 0.2) is 65.4 Å². The molecule has 3 heterocycles. The van der Waals surface area contributed by atoms with Gasteiger partial charge in [0.25, 0.3) is 0 Å². The number of carboxylic acid groups (broad SMARTS) is 2. The second-order valence-electron chi connectivity index (χ2n) is 8.92. The monoisotopic (exact) mass is 546 g/mol. The van der Waals surface area contributed by atoms with Crippen molar-refractivity contribution >= 4 is 56.9 Å². The van der Waals surface area contributed by atoms with Gasteiger partial charge in [-0.1, -0.05) is 18.5 Å². The Labute approximate surface area is 226 Å². The van der Waals surface area contributed by atoms with Gasteiger partial charge in [-0.3, -0.25) is 14.2 Å². The van der Waals surface area contributed by atoms with Crippen LogP contribution in [0.25, 0.3) is 39.1 Å². The summed E-state index contributed by atoms with van der Waals surface area (Å²) in [6, 6.07) is 13.1.